The molecule has 32 heavy (non-hydrogen) atoms. The Hall–Kier alpha value is -3.29. The van der Waals surface area contributed by atoms with Gasteiger partial charge in [0.15, 0.2) is 52.4 Å². The van der Waals surface area contributed by atoms with Crippen LogP contribution in [0.5, 0.6) is 5.75 Å². The molecule has 1 N–H and O–H groups in total. The first-order chi connectivity index (χ1) is 14.9. The van der Waals surface area contributed by atoms with Crippen LogP contribution in [0.3, 0.4) is 0 Å². The summed E-state index contributed by atoms with van der Waals surface area (Å²) in [4.78, 5) is 0. The Kier molecular flexibility index (Phi) is 6.09. The Morgan fingerprint density at radius 2 is 1.00 bits per heavy atom. The van der Waals surface area contributed by atoms with E-state index in [-0.39, 0.29) is 6.07 Å². The van der Waals surface area contributed by atoms with Crippen molar-refractivity contribution in [1.82, 2.24) is 0 Å². The van der Waals surface area contributed by atoms with E-state index in [1.54, 1.807) is 0 Å². The first-order valence-electron chi connectivity index (χ1n) is 8.05. The van der Waals surface area contributed by atoms with Crippen LogP contribution < -0.4 is 10.1 Å². The van der Waals surface area contributed by atoms with Gasteiger partial charge in [-0.1, -0.05) is 0 Å². The maximum atomic E-state index is 14.4. The molecule has 0 fully saturated rings. The smallest absolute Gasteiger partial charge is 0.530 e. The van der Waals surface area contributed by atoms with Crippen molar-refractivity contribution < 1.29 is 58.0 Å². The first kappa shape index (κ1) is 23.4. The molecule has 3 aromatic carbocycles. The van der Waals surface area contributed by atoms with Crippen molar-refractivity contribution in [1.29, 1.82) is 0 Å². The average Bonchev–Trinajstić information content (AvgIpc) is 2.75. The second kappa shape index (κ2) is 8.33. The van der Waals surface area contributed by atoms with Gasteiger partial charge >= 0.3 is 7.12 Å². The van der Waals surface area contributed by atoms with Gasteiger partial charge in [0.2, 0.25) is 5.82 Å². The van der Waals surface area contributed by atoms with Crippen LogP contribution in [0.4, 0.5) is 48.3 Å². The van der Waals surface area contributed by atoms with Crippen LogP contribution in [0.1, 0.15) is 0 Å². The van der Waals surface area contributed by atoms with E-state index in [9.17, 15) is 53.3 Å². The van der Waals surface area contributed by atoms with E-state index in [4.69, 9.17) is 0 Å². The minimum absolute atomic E-state index is 0.255. The maximum absolute atomic E-state index is 14.4. The van der Waals surface area contributed by atoms with E-state index in [0.29, 0.717) is 12.1 Å². The van der Waals surface area contributed by atoms with Crippen molar-refractivity contribution in [3.8, 4) is 16.9 Å². The number of hydrogen-bond acceptors (Lipinski definition) is 2. The average molecular weight is 472 g/mol. The molecule has 0 heterocycles. The fourth-order valence-electron chi connectivity index (χ4n) is 2.70. The summed E-state index contributed by atoms with van der Waals surface area (Å²) < 4.78 is 156. The van der Waals surface area contributed by atoms with E-state index in [0.717, 1.165) is 0 Å². The summed E-state index contributed by atoms with van der Waals surface area (Å²) in [6.45, 7) is 0. The van der Waals surface area contributed by atoms with Crippen LogP contribution in [-0.2, 0) is 0 Å². The predicted molar refractivity (Wildman–Crippen MR) is 86.1 cm³/mol. The summed E-state index contributed by atoms with van der Waals surface area (Å²) in [6.07, 6.45) is 0. The third-order valence-electron chi connectivity index (χ3n) is 4.14. The molecule has 0 unspecified atom stereocenters. The summed E-state index contributed by atoms with van der Waals surface area (Å²) in [6, 6.07) is 1.25. The van der Waals surface area contributed by atoms with Crippen molar-refractivity contribution in [2.45, 2.75) is 0 Å². The van der Waals surface area contributed by atoms with Crippen LogP contribution in [0.25, 0.3) is 11.1 Å². The molecule has 14 heteroatoms. The lowest BCUT2D eigenvalue weighted by molar-refractivity contribution is 0.378. The Morgan fingerprint density at radius 1 is 0.562 bits per heavy atom. The number of halogens is 11. The van der Waals surface area contributed by atoms with Crippen LogP contribution in [0.15, 0.2) is 18.2 Å². The summed E-state index contributed by atoms with van der Waals surface area (Å²) in [7, 11) is -3.15. The van der Waals surface area contributed by atoms with Gasteiger partial charge in [-0.15, -0.1) is 0 Å². The Labute approximate surface area is 170 Å². The fraction of sp³-hybridized carbons (Fsp3) is 0. The summed E-state index contributed by atoms with van der Waals surface area (Å²) in [5, 5.41) is 10.0. The quantitative estimate of drug-likeness (QED) is 0.260. The third-order valence-corrected chi connectivity index (χ3v) is 4.14. The molecule has 0 radical (unpaired) electrons. The second-order valence-electron chi connectivity index (χ2n) is 6.03. The van der Waals surface area contributed by atoms with E-state index in [1.807, 2.05) is 0 Å². The molecule has 0 aliphatic heterocycles. The van der Waals surface area contributed by atoms with Crippen molar-refractivity contribution in [2.24, 2.45) is 0 Å². The summed E-state index contributed by atoms with van der Waals surface area (Å²) >= 11 is 0. The van der Waals surface area contributed by atoms with Gasteiger partial charge in [0.05, 0.1) is 5.56 Å². The standard InChI is InChI=1S/C18H4BF11O2/c20-4-1-2-5(21)6(3-4)32-19(31)9-7(10(22)14(26)17(29)13(9)25)8-11(23)15(27)18(30)16(28)12(8)24/h1-3,31H. The molecule has 3 aromatic rings. The van der Waals surface area contributed by atoms with E-state index < -0.39 is 93.4 Å². The summed E-state index contributed by atoms with van der Waals surface area (Å²) in [5.41, 5.74) is -6.44. The van der Waals surface area contributed by atoms with Crippen molar-refractivity contribution in [3.63, 3.8) is 0 Å². The molecule has 0 atom stereocenters. The highest BCUT2D eigenvalue weighted by atomic mass is 19.2. The van der Waals surface area contributed by atoms with Gasteiger partial charge in [0.25, 0.3) is 0 Å². The summed E-state index contributed by atoms with van der Waals surface area (Å²) in [5.74, 6) is -28.1. The van der Waals surface area contributed by atoms with Crippen LogP contribution in [0.2, 0.25) is 0 Å². The molecule has 168 valence electrons. The van der Waals surface area contributed by atoms with Crippen molar-refractivity contribution in [2.75, 3.05) is 0 Å². The van der Waals surface area contributed by atoms with Crippen molar-refractivity contribution in [3.05, 3.63) is 82.2 Å². The molecule has 3 rings (SSSR count). The first-order valence-corrected chi connectivity index (χ1v) is 8.05. The van der Waals surface area contributed by atoms with E-state index in [1.165, 1.54) is 0 Å². The molecule has 0 saturated carbocycles. The zero-order chi connectivity index (χ0) is 24.1. The lowest BCUT2D eigenvalue weighted by atomic mass is 9.73. The monoisotopic (exact) mass is 472 g/mol. The molecular formula is C18H4BF11O2. The number of hydrogen-bond donors (Lipinski definition) is 1. The van der Waals surface area contributed by atoms with E-state index >= 15 is 0 Å². The highest BCUT2D eigenvalue weighted by Gasteiger charge is 2.39. The molecule has 0 aliphatic carbocycles. The Balaban J connectivity index is 2.36. The molecule has 2 nitrogen and oxygen atoms in total. The van der Waals surface area contributed by atoms with Gasteiger partial charge in [-0.25, -0.2) is 48.3 Å². The van der Waals surface area contributed by atoms with Crippen LogP contribution in [-0.4, -0.2) is 12.1 Å². The van der Waals surface area contributed by atoms with Gasteiger partial charge in [0.1, 0.15) is 11.6 Å². The minimum atomic E-state index is -3.15. The zero-order valence-electron chi connectivity index (χ0n) is 14.8. The molecule has 0 bridgehead atoms. The number of rotatable bonds is 4. The van der Waals surface area contributed by atoms with E-state index in [2.05, 4.69) is 4.65 Å². The normalized spacial score (nSPS) is 11.1. The molecule has 0 aliphatic rings. The SMILES string of the molecule is OB(Oc1cc(F)ccc1F)c1c(F)c(F)c(F)c(F)c1-c1c(F)c(F)c(F)c(F)c1F. The highest BCUT2D eigenvalue weighted by Crippen LogP contribution is 2.34. The predicted octanol–water partition coefficient (Wildman–Crippen LogP) is 4.65. The third kappa shape index (κ3) is 3.63. The van der Waals surface area contributed by atoms with Crippen LogP contribution in [0, 0.1) is 64.0 Å². The molecule has 0 saturated heterocycles. The maximum Gasteiger partial charge on any atom is 0.564 e. The minimum Gasteiger partial charge on any atom is -0.530 e. The van der Waals surface area contributed by atoms with Gasteiger partial charge in [-0.3, -0.25) is 0 Å². The lowest BCUT2D eigenvalue weighted by Crippen LogP contribution is -2.42. The lowest BCUT2D eigenvalue weighted by Gasteiger charge is -2.18. The topological polar surface area (TPSA) is 29.5 Å². The van der Waals surface area contributed by atoms with Crippen LogP contribution >= 0.6 is 0 Å². The molecule has 0 spiro atoms. The highest BCUT2D eigenvalue weighted by molar-refractivity contribution is 6.62. The van der Waals surface area contributed by atoms with Gasteiger partial charge in [-0.2, -0.15) is 0 Å². The number of benzene rings is 3. The van der Waals surface area contributed by atoms with Gasteiger partial charge in [-0.05, 0) is 12.1 Å². The Bertz CT molecular complexity index is 1220. The van der Waals surface area contributed by atoms with Crippen molar-refractivity contribution >= 4 is 12.6 Å². The molecule has 0 aromatic heterocycles. The van der Waals surface area contributed by atoms with Gasteiger partial charge < -0.3 is 9.68 Å². The molecular weight excluding hydrogens is 468 g/mol. The Morgan fingerprint density at radius 3 is 1.53 bits per heavy atom. The van der Waals surface area contributed by atoms with Gasteiger partial charge in [0, 0.05) is 17.1 Å². The largest absolute Gasteiger partial charge is 0.564 e. The zero-order valence-corrected chi connectivity index (χ0v) is 14.8. The molecule has 0 amide bonds. The second-order valence-corrected chi connectivity index (χ2v) is 6.03. The fourth-order valence-corrected chi connectivity index (χ4v) is 2.70.